The molecule has 1 fully saturated rings. The molecule has 5 heteroatoms. The molecule has 2 heterocycles. The maximum absolute atomic E-state index is 12.9. The number of nitrogens with two attached hydrogens (primary N) is 1. The van der Waals surface area contributed by atoms with E-state index in [1.54, 1.807) is 36.7 Å². The Hall–Kier alpha value is -2.69. The zero-order valence-corrected chi connectivity index (χ0v) is 15.1. The first-order chi connectivity index (χ1) is 12.4. The van der Waals surface area contributed by atoms with Crippen LogP contribution in [0.25, 0.3) is 0 Å². The Balaban J connectivity index is 1.68. The number of anilines is 1. The molecule has 1 aromatic carbocycles. The van der Waals surface area contributed by atoms with Crippen LogP contribution in [0.1, 0.15) is 65.3 Å². The Bertz CT molecular complexity index is 855. The van der Waals surface area contributed by atoms with E-state index >= 15 is 0 Å². The molecule has 0 radical (unpaired) electrons. The zero-order valence-electron chi connectivity index (χ0n) is 15.1. The molecule has 0 spiro atoms. The van der Waals surface area contributed by atoms with Crippen LogP contribution >= 0.6 is 0 Å². The molecule has 2 unspecified atom stereocenters. The fourth-order valence-corrected chi connectivity index (χ4v) is 4.65. The molecule has 0 saturated heterocycles. The van der Waals surface area contributed by atoms with Crippen molar-refractivity contribution in [2.75, 3.05) is 5.73 Å². The standard InChI is InChI=1S/C21H23N3O2/c1-21(2)10-13(15-7-8-23-12-18(15)22)9-14(11-21)24-19(25)16-5-3-4-6-17(16)20(24)26/h3-8,12-14H,9-11,22H2,1-2H3. The molecular formula is C21H23N3O2. The van der Waals surface area contributed by atoms with Gasteiger partial charge < -0.3 is 5.73 Å². The summed E-state index contributed by atoms with van der Waals surface area (Å²) < 4.78 is 0. The molecule has 1 saturated carbocycles. The molecule has 2 aromatic rings. The summed E-state index contributed by atoms with van der Waals surface area (Å²) in [6.07, 6.45) is 5.95. The molecule has 1 aromatic heterocycles. The number of nitrogens with zero attached hydrogens (tertiary/aromatic N) is 2. The van der Waals surface area contributed by atoms with Gasteiger partial charge in [0.25, 0.3) is 11.8 Å². The van der Waals surface area contributed by atoms with Crippen LogP contribution in [0.15, 0.2) is 42.7 Å². The van der Waals surface area contributed by atoms with Gasteiger partial charge in [0.1, 0.15) is 0 Å². The summed E-state index contributed by atoms with van der Waals surface area (Å²) in [7, 11) is 0. The van der Waals surface area contributed by atoms with Crippen LogP contribution in [0.4, 0.5) is 5.69 Å². The molecule has 5 nitrogen and oxygen atoms in total. The number of pyridine rings is 1. The number of aromatic nitrogens is 1. The van der Waals surface area contributed by atoms with Gasteiger partial charge in [-0.25, -0.2) is 0 Å². The Labute approximate surface area is 153 Å². The number of imide groups is 1. The van der Waals surface area contributed by atoms with Crippen molar-refractivity contribution in [1.82, 2.24) is 9.88 Å². The minimum Gasteiger partial charge on any atom is -0.397 e. The van der Waals surface area contributed by atoms with Crippen molar-refractivity contribution in [2.45, 2.75) is 45.1 Å². The maximum Gasteiger partial charge on any atom is 0.261 e. The number of hydrogen-bond acceptors (Lipinski definition) is 4. The molecular weight excluding hydrogens is 326 g/mol. The van der Waals surface area contributed by atoms with Crippen molar-refractivity contribution in [3.05, 3.63) is 59.4 Å². The zero-order chi connectivity index (χ0) is 18.5. The average molecular weight is 349 g/mol. The van der Waals surface area contributed by atoms with Crippen molar-refractivity contribution >= 4 is 17.5 Å². The fourth-order valence-electron chi connectivity index (χ4n) is 4.65. The summed E-state index contributed by atoms with van der Waals surface area (Å²) in [6.45, 7) is 4.39. The molecule has 2 amide bonds. The van der Waals surface area contributed by atoms with E-state index in [2.05, 4.69) is 18.8 Å². The van der Waals surface area contributed by atoms with E-state index in [1.165, 1.54) is 4.90 Å². The molecule has 134 valence electrons. The van der Waals surface area contributed by atoms with Crippen LogP contribution in [0, 0.1) is 5.41 Å². The van der Waals surface area contributed by atoms with E-state index in [-0.39, 0.29) is 29.2 Å². The van der Waals surface area contributed by atoms with E-state index in [0.717, 1.165) is 24.8 Å². The number of carbonyl (C=O) groups excluding carboxylic acids is 2. The molecule has 1 aliphatic carbocycles. The van der Waals surface area contributed by atoms with Crippen LogP contribution in [0.2, 0.25) is 0 Å². The van der Waals surface area contributed by atoms with Gasteiger partial charge in [-0.3, -0.25) is 19.5 Å². The smallest absolute Gasteiger partial charge is 0.261 e. The van der Waals surface area contributed by atoms with E-state index in [1.807, 2.05) is 6.07 Å². The summed E-state index contributed by atoms with van der Waals surface area (Å²) in [5.41, 5.74) is 8.94. The number of fused-ring (bicyclic) bond motifs is 1. The molecule has 26 heavy (non-hydrogen) atoms. The van der Waals surface area contributed by atoms with Crippen LogP contribution in [0.3, 0.4) is 0 Å². The largest absolute Gasteiger partial charge is 0.397 e. The van der Waals surface area contributed by atoms with Crippen molar-refractivity contribution in [2.24, 2.45) is 5.41 Å². The van der Waals surface area contributed by atoms with E-state index in [4.69, 9.17) is 5.73 Å². The SMILES string of the molecule is CC1(C)CC(c2ccncc2N)CC(N2C(=O)c3ccccc3C2=O)C1. The van der Waals surface area contributed by atoms with Gasteiger partial charge >= 0.3 is 0 Å². The molecule has 2 aliphatic rings. The second-order valence-corrected chi connectivity index (χ2v) is 8.19. The number of rotatable bonds is 2. The van der Waals surface area contributed by atoms with Crippen molar-refractivity contribution in [3.63, 3.8) is 0 Å². The van der Waals surface area contributed by atoms with Crippen molar-refractivity contribution in [3.8, 4) is 0 Å². The highest BCUT2D eigenvalue weighted by Crippen LogP contribution is 2.47. The predicted octanol–water partition coefficient (Wildman–Crippen LogP) is 3.62. The van der Waals surface area contributed by atoms with Gasteiger partial charge in [0.2, 0.25) is 0 Å². The minimum absolute atomic E-state index is 0.0125. The van der Waals surface area contributed by atoms with Gasteiger partial charge in [0.05, 0.1) is 23.0 Å². The van der Waals surface area contributed by atoms with E-state index < -0.39 is 0 Å². The van der Waals surface area contributed by atoms with Crippen LogP contribution in [-0.2, 0) is 0 Å². The summed E-state index contributed by atoms with van der Waals surface area (Å²) >= 11 is 0. The average Bonchev–Trinajstić information content (AvgIpc) is 2.85. The topological polar surface area (TPSA) is 76.3 Å². The first-order valence-electron chi connectivity index (χ1n) is 9.04. The lowest BCUT2D eigenvalue weighted by Crippen LogP contribution is -2.46. The summed E-state index contributed by atoms with van der Waals surface area (Å²) in [6, 6.07) is 8.92. The number of amides is 2. The third-order valence-corrected chi connectivity index (χ3v) is 5.66. The lowest BCUT2D eigenvalue weighted by Gasteiger charge is -2.43. The fraction of sp³-hybridized carbons (Fsp3) is 0.381. The minimum atomic E-state index is -0.172. The van der Waals surface area contributed by atoms with Crippen LogP contribution in [-0.4, -0.2) is 27.7 Å². The second-order valence-electron chi connectivity index (χ2n) is 8.19. The molecule has 0 bridgehead atoms. The van der Waals surface area contributed by atoms with E-state index in [9.17, 15) is 9.59 Å². The summed E-state index contributed by atoms with van der Waals surface area (Å²) in [4.78, 5) is 31.4. The summed E-state index contributed by atoms with van der Waals surface area (Å²) in [5, 5.41) is 0. The van der Waals surface area contributed by atoms with Gasteiger partial charge in [-0.05, 0) is 54.4 Å². The highest BCUT2D eigenvalue weighted by molar-refractivity contribution is 6.21. The van der Waals surface area contributed by atoms with Crippen LogP contribution in [0.5, 0.6) is 0 Å². The van der Waals surface area contributed by atoms with Gasteiger partial charge in [-0.2, -0.15) is 0 Å². The highest BCUT2D eigenvalue weighted by Gasteiger charge is 2.45. The number of carbonyl (C=O) groups is 2. The van der Waals surface area contributed by atoms with Gasteiger partial charge in [-0.15, -0.1) is 0 Å². The lowest BCUT2D eigenvalue weighted by molar-refractivity contribution is 0.0448. The Morgan fingerprint density at radius 1 is 1.08 bits per heavy atom. The Morgan fingerprint density at radius 2 is 1.73 bits per heavy atom. The van der Waals surface area contributed by atoms with Gasteiger partial charge in [0, 0.05) is 12.2 Å². The van der Waals surface area contributed by atoms with Gasteiger partial charge in [-0.1, -0.05) is 26.0 Å². The van der Waals surface area contributed by atoms with Crippen molar-refractivity contribution < 1.29 is 9.59 Å². The number of hydrogen-bond donors (Lipinski definition) is 1. The van der Waals surface area contributed by atoms with Crippen LogP contribution < -0.4 is 5.73 Å². The summed E-state index contributed by atoms with van der Waals surface area (Å²) in [5.74, 6) is -0.138. The third-order valence-electron chi connectivity index (χ3n) is 5.66. The Morgan fingerprint density at radius 3 is 2.35 bits per heavy atom. The number of benzene rings is 1. The second kappa shape index (κ2) is 5.94. The first-order valence-corrected chi connectivity index (χ1v) is 9.04. The first kappa shape index (κ1) is 16.8. The Kier molecular flexibility index (Phi) is 3.83. The molecule has 1 aliphatic heterocycles. The van der Waals surface area contributed by atoms with Gasteiger partial charge in [0.15, 0.2) is 0 Å². The molecule has 2 N–H and O–H groups in total. The number of nitrogen functional groups attached to an aromatic ring is 1. The monoisotopic (exact) mass is 349 g/mol. The van der Waals surface area contributed by atoms with Crippen molar-refractivity contribution in [1.29, 1.82) is 0 Å². The normalized spacial score (nSPS) is 24.6. The van der Waals surface area contributed by atoms with E-state index in [0.29, 0.717) is 16.8 Å². The third kappa shape index (κ3) is 2.68. The lowest BCUT2D eigenvalue weighted by atomic mass is 9.67. The predicted molar refractivity (Wildman–Crippen MR) is 99.8 cm³/mol. The molecule has 2 atom stereocenters. The maximum atomic E-state index is 12.9. The quantitative estimate of drug-likeness (QED) is 0.840. The molecule has 4 rings (SSSR count). The highest BCUT2D eigenvalue weighted by atomic mass is 16.2.